The molecule has 1 aliphatic rings. The number of carbonyl (C=O) groups excluding carboxylic acids is 2. The Morgan fingerprint density at radius 2 is 2.10 bits per heavy atom. The smallest absolute Gasteiger partial charge is 0.293 e. The van der Waals surface area contributed by atoms with Gasteiger partial charge in [-0.2, -0.15) is 10.2 Å². The fraction of sp³-hybridized carbons (Fsp3) is 0.619. The van der Waals surface area contributed by atoms with Crippen molar-refractivity contribution in [2.75, 3.05) is 12.4 Å². The van der Waals surface area contributed by atoms with Crippen LogP contribution in [0.1, 0.15) is 69.1 Å². The van der Waals surface area contributed by atoms with Crippen LogP contribution in [-0.4, -0.2) is 51.6 Å². The number of ether oxygens (including phenoxy) is 1. The zero-order valence-corrected chi connectivity index (χ0v) is 18.5. The molecule has 0 aliphatic heterocycles. The van der Waals surface area contributed by atoms with Gasteiger partial charge < -0.3 is 15.4 Å². The van der Waals surface area contributed by atoms with E-state index >= 15 is 0 Å². The van der Waals surface area contributed by atoms with Crippen molar-refractivity contribution in [3.05, 3.63) is 29.7 Å². The first kappa shape index (κ1) is 23.6. The van der Waals surface area contributed by atoms with E-state index in [1.165, 1.54) is 0 Å². The molecular weight excluding hydrogens is 384 g/mol. The highest BCUT2D eigenvalue weighted by molar-refractivity contribution is 6.02. The molecule has 0 bridgehead atoms. The lowest BCUT2D eigenvalue weighted by molar-refractivity contribution is -0.133. The Bertz CT molecular complexity index is 798. The minimum atomic E-state index is -0.232. The molecule has 3 rings (SSSR count). The summed E-state index contributed by atoms with van der Waals surface area (Å²) in [5.41, 5.74) is 1.46. The van der Waals surface area contributed by atoms with Crippen molar-refractivity contribution in [1.29, 1.82) is 0 Å². The molecular formula is C21H34N6O3. The Kier molecular flexibility index (Phi) is 9.04. The van der Waals surface area contributed by atoms with E-state index < -0.39 is 0 Å². The van der Waals surface area contributed by atoms with Crippen molar-refractivity contribution < 1.29 is 14.3 Å². The van der Waals surface area contributed by atoms with E-state index in [2.05, 4.69) is 53.6 Å². The van der Waals surface area contributed by atoms with Crippen molar-refractivity contribution in [2.24, 2.45) is 5.92 Å². The van der Waals surface area contributed by atoms with Crippen molar-refractivity contribution in [2.45, 2.75) is 71.6 Å². The van der Waals surface area contributed by atoms with Gasteiger partial charge in [0.05, 0.1) is 0 Å². The van der Waals surface area contributed by atoms with Crippen LogP contribution in [0.4, 0.5) is 5.82 Å². The quantitative estimate of drug-likeness (QED) is 0.568. The number of hydrogen-bond acceptors (Lipinski definition) is 6. The average molecular weight is 419 g/mol. The van der Waals surface area contributed by atoms with Gasteiger partial charge in [-0.1, -0.05) is 27.7 Å². The van der Waals surface area contributed by atoms with Crippen LogP contribution in [0, 0.1) is 5.92 Å². The van der Waals surface area contributed by atoms with E-state index in [0.717, 1.165) is 25.0 Å². The number of H-pyrrole nitrogens is 1. The van der Waals surface area contributed by atoms with Gasteiger partial charge in [0.1, 0.15) is 11.8 Å². The monoisotopic (exact) mass is 418 g/mol. The van der Waals surface area contributed by atoms with Crippen LogP contribution in [0.15, 0.2) is 18.3 Å². The highest BCUT2D eigenvalue weighted by Gasteiger charge is 2.28. The minimum Gasteiger partial charge on any atom is -0.465 e. The molecule has 9 heteroatoms. The molecule has 9 nitrogen and oxygen atoms in total. The second-order valence-corrected chi connectivity index (χ2v) is 8.26. The first-order valence-corrected chi connectivity index (χ1v) is 10.5. The third-order valence-corrected chi connectivity index (χ3v) is 4.98. The van der Waals surface area contributed by atoms with E-state index in [0.29, 0.717) is 36.5 Å². The molecule has 2 aromatic rings. The Morgan fingerprint density at radius 3 is 2.73 bits per heavy atom. The van der Waals surface area contributed by atoms with Gasteiger partial charge in [-0.05, 0) is 38.3 Å². The van der Waals surface area contributed by atoms with Gasteiger partial charge in [-0.25, -0.2) is 0 Å². The zero-order chi connectivity index (χ0) is 22.1. The highest BCUT2D eigenvalue weighted by Crippen LogP contribution is 2.35. The standard InChI is InChI=1S/C17H23N5O3.C4H11N/c1-11(2)9-22-15(5-6-18-22)17(24)19-16-8-14(20-21-16)12-3-4-13(7-12)25-10-23;1-4(2)5-3/h5-6,8,10-13H,3-4,7,9H2,1-2H3,(H2,19,20,21,24);4-5H,1-3H3. The third-order valence-electron chi connectivity index (χ3n) is 4.98. The Morgan fingerprint density at radius 1 is 1.37 bits per heavy atom. The molecule has 0 saturated heterocycles. The summed E-state index contributed by atoms with van der Waals surface area (Å²) in [5, 5.41) is 17.2. The van der Waals surface area contributed by atoms with E-state index in [1.807, 2.05) is 13.1 Å². The Labute approximate surface area is 178 Å². The summed E-state index contributed by atoms with van der Waals surface area (Å²) in [6, 6.07) is 4.17. The van der Waals surface area contributed by atoms with Gasteiger partial charge >= 0.3 is 0 Å². The van der Waals surface area contributed by atoms with Gasteiger partial charge in [0.15, 0.2) is 5.82 Å². The lowest BCUT2D eigenvalue weighted by Crippen LogP contribution is -2.19. The molecule has 1 saturated carbocycles. The van der Waals surface area contributed by atoms with Crippen LogP contribution < -0.4 is 10.6 Å². The van der Waals surface area contributed by atoms with Crippen molar-refractivity contribution in [3.63, 3.8) is 0 Å². The normalized spacial score (nSPS) is 18.2. The summed E-state index contributed by atoms with van der Waals surface area (Å²) < 4.78 is 6.73. The summed E-state index contributed by atoms with van der Waals surface area (Å²) in [6.45, 7) is 9.56. The summed E-state index contributed by atoms with van der Waals surface area (Å²) >= 11 is 0. The number of nitrogens with zero attached hydrogens (tertiary/aromatic N) is 3. The molecule has 0 spiro atoms. The average Bonchev–Trinajstić information content (AvgIpc) is 3.43. The SMILES string of the molecule is CC(C)Cn1nccc1C(=O)Nc1cc(C2CCC(OC=O)C2)[nH]n1.CNC(C)C. The number of anilines is 1. The van der Waals surface area contributed by atoms with Crippen LogP contribution >= 0.6 is 0 Å². The van der Waals surface area contributed by atoms with Crippen LogP contribution in [-0.2, 0) is 16.1 Å². The summed E-state index contributed by atoms with van der Waals surface area (Å²) in [6.07, 6.45) is 4.14. The number of hydrogen-bond donors (Lipinski definition) is 3. The topological polar surface area (TPSA) is 114 Å². The molecule has 2 aromatic heterocycles. The molecule has 1 amide bonds. The van der Waals surface area contributed by atoms with Gasteiger partial charge in [0.25, 0.3) is 12.4 Å². The predicted molar refractivity (Wildman–Crippen MR) is 115 cm³/mol. The molecule has 0 radical (unpaired) electrons. The first-order chi connectivity index (χ1) is 14.3. The maximum absolute atomic E-state index is 12.5. The van der Waals surface area contributed by atoms with E-state index in [9.17, 15) is 9.59 Å². The molecule has 3 N–H and O–H groups in total. The van der Waals surface area contributed by atoms with Crippen LogP contribution in [0.2, 0.25) is 0 Å². The Hall–Kier alpha value is -2.68. The molecule has 166 valence electrons. The largest absolute Gasteiger partial charge is 0.465 e. The minimum absolute atomic E-state index is 0.0331. The number of rotatable bonds is 8. The predicted octanol–water partition coefficient (Wildman–Crippen LogP) is 2.94. The fourth-order valence-electron chi connectivity index (χ4n) is 3.23. The second-order valence-electron chi connectivity index (χ2n) is 8.26. The van der Waals surface area contributed by atoms with Crippen molar-refractivity contribution in [1.82, 2.24) is 25.3 Å². The third kappa shape index (κ3) is 6.98. The van der Waals surface area contributed by atoms with Crippen LogP contribution in [0.25, 0.3) is 0 Å². The molecule has 2 unspecified atom stereocenters. The highest BCUT2D eigenvalue weighted by atomic mass is 16.5. The van der Waals surface area contributed by atoms with Gasteiger partial charge in [0.2, 0.25) is 0 Å². The maximum atomic E-state index is 12.5. The summed E-state index contributed by atoms with van der Waals surface area (Å²) in [4.78, 5) is 22.9. The molecule has 2 heterocycles. The molecule has 30 heavy (non-hydrogen) atoms. The molecule has 1 fully saturated rings. The van der Waals surface area contributed by atoms with Crippen LogP contribution in [0.5, 0.6) is 0 Å². The van der Waals surface area contributed by atoms with Gasteiger partial charge in [-0.15, -0.1) is 0 Å². The van der Waals surface area contributed by atoms with E-state index in [1.54, 1.807) is 16.9 Å². The molecule has 1 aliphatic carbocycles. The summed E-state index contributed by atoms with van der Waals surface area (Å²) in [7, 11) is 1.95. The Balaban J connectivity index is 0.000000575. The van der Waals surface area contributed by atoms with Gasteiger partial charge in [0, 0.05) is 36.5 Å². The number of nitrogens with one attached hydrogen (secondary N) is 3. The molecule has 0 aromatic carbocycles. The zero-order valence-electron chi connectivity index (χ0n) is 18.5. The summed E-state index contributed by atoms with van der Waals surface area (Å²) in [5.74, 6) is 0.906. The second kappa shape index (κ2) is 11.5. The lowest BCUT2D eigenvalue weighted by atomic mass is 10.0. The number of aromatic amines is 1. The van der Waals surface area contributed by atoms with E-state index in [-0.39, 0.29) is 17.9 Å². The first-order valence-electron chi connectivity index (χ1n) is 10.5. The van der Waals surface area contributed by atoms with Crippen LogP contribution in [0.3, 0.4) is 0 Å². The number of amides is 1. The van der Waals surface area contributed by atoms with Crippen molar-refractivity contribution in [3.8, 4) is 0 Å². The lowest BCUT2D eigenvalue weighted by Gasteiger charge is -2.09. The fourth-order valence-corrected chi connectivity index (χ4v) is 3.23. The van der Waals surface area contributed by atoms with Crippen molar-refractivity contribution >= 4 is 18.2 Å². The van der Waals surface area contributed by atoms with E-state index in [4.69, 9.17) is 4.74 Å². The maximum Gasteiger partial charge on any atom is 0.293 e. The van der Waals surface area contributed by atoms with Gasteiger partial charge in [-0.3, -0.25) is 19.4 Å². The molecule has 2 atom stereocenters. The number of aromatic nitrogens is 4. The number of carbonyl (C=O) groups is 2.